The quantitative estimate of drug-likeness (QED) is 0.677. The van der Waals surface area contributed by atoms with Gasteiger partial charge in [0, 0.05) is 11.4 Å². The third-order valence-corrected chi connectivity index (χ3v) is 2.87. The van der Waals surface area contributed by atoms with Gasteiger partial charge >= 0.3 is 0 Å². The second kappa shape index (κ2) is 7.35. The smallest absolute Gasteiger partial charge is 0.224 e. The average Bonchev–Trinajstić information content (AvgIpc) is 2.32. The van der Waals surface area contributed by atoms with Crippen molar-refractivity contribution in [3.63, 3.8) is 0 Å². The van der Waals surface area contributed by atoms with Crippen LogP contribution in [0.15, 0.2) is 29.2 Å². The number of rotatable bonds is 6. The van der Waals surface area contributed by atoms with Gasteiger partial charge in [0.25, 0.3) is 0 Å². The molecule has 17 heavy (non-hydrogen) atoms. The zero-order chi connectivity index (χ0) is 12.7. The maximum absolute atomic E-state index is 11.6. The molecule has 3 nitrogen and oxygen atoms in total. The monoisotopic (exact) mass is 253 g/mol. The second-order valence-electron chi connectivity index (χ2n) is 4.04. The van der Waals surface area contributed by atoms with Gasteiger partial charge in [-0.25, -0.2) is 0 Å². The number of amides is 1. The fraction of sp³-hybridized carbons (Fsp3) is 0.462. The Morgan fingerprint density at radius 1 is 1.41 bits per heavy atom. The molecule has 0 saturated carbocycles. The lowest BCUT2D eigenvalue weighted by Crippen LogP contribution is -2.28. The van der Waals surface area contributed by atoms with Crippen molar-refractivity contribution >= 4 is 18.5 Å². The summed E-state index contributed by atoms with van der Waals surface area (Å²) in [5, 5.41) is 12.1. The van der Waals surface area contributed by atoms with Gasteiger partial charge in [-0.15, -0.1) is 12.6 Å². The molecule has 1 amide bonds. The minimum absolute atomic E-state index is 0.0137. The summed E-state index contributed by atoms with van der Waals surface area (Å²) >= 11 is 4.18. The molecule has 0 saturated heterocycles. The molecule has 2 N–H and O–H groups in total. The highest BCUT2D eigenvalue weighted by molar-refractivity contribution is 7.80. The molecule has 0 spiro atoms. The highest BCUT2D eigenvalue weighted by Gasteiger charge is 2.04. The summed E-state index contributed by atoms with van der Waals surface area (Å²) in [4.78, 5) is 12.4. The van der Waals surface area contributed by atoms with Crippen LogP contribution in [0.2, 0.25) is 0 Å². The molecule has 0 aliphatic heterocycles. The Bertz CT molecular complexity index is 351. The number of hydrogen-bond acceptors (Lipinski definition) is 3. The Kier molecular flexibility index (Phi) is 6.08. The second-order valence-corrected chi connectivity index (χ2v) is 4.56. The van der Waals surface area contributed by atoms with E-state index in [2.05, 4.69) is 17.9 Å². The lowest BCUT2D eigenvalue weighted by atomic mass is 10.1. The summed E-state index contributed by atoms with van der Waals surface area (Å²) in [7, 11) is 0. The molecule has 1 atom stereocenters. The number of nitrogens with one attached hydrogen (secondary N) is 1. The molecule has 0 bridgehead atoms. The molecule has 94 valence electrons. The van der Waals surface area contributed by atoms with E-state index in [4.69, 9.17) is 0 Å². The first kappa shape index (κ1) is 14.1. The Balaban J connectivity index is 2.27. The van der Waals surface area contributed by atoms with Crippen LogP contribution in [0.5, 0.6) is 0 Å². The molecule has 0 aliphatic carbocycles. The van der Waals surface area contributed by atoms with Gasteiger partial charge in [-0.2, -0.15) is 0 Å². The number of aliphatic hydroxyl groups excluding tert-OH is 1. The summed E-state index contributed by atoms with van der Waals surface area (Å²) in [6, 6.07) is 7.52. The minimum Gasteiger partial charge on any atom is -0.393 e. The topological polar surface area (TPSA) is 49.3 Å². The van der Waals surface area contributed by atoms with Crippen LogP contribution < -0.4 is 5.32 Å². The van der Waals surface area contributed by atoms with Gasteiger partial charge < -0.3 is 10.4 Å². The first-order valence-electron chi connectivity index (χ1n) is 5.84. The van der Waals surface area contributed by atoms with E-state index in [0.29, 0.717) is 19.4 Å². The van der Waals surface area contributed by atoms with Gasteiger partial charge in [0.2, 0.25) is 5.91 Å². The molecule has 1 aromatic carbocycles. The summed E-state index contributed by atoms with van der Waals surface area (Å²) in [5.74, 6) is -0.0137. The number of hydrogen-bond donors (Lipinski definition) is 3. The van der Waals surface area contributed by atoms with Gasteiger partial charge in [-0.3, -0.25) is 4.79 Å². The summed E-state index contributed by atoms with van der Waals surface area (Å²) in [6.45, 7) is 2.45. The zero-order valence-corrected chi connectivity index (χ0v) is 10.9. The van der Waals surface area contributed by atoms with Crippen molar-refractivity contribution in [2.24, 2.45) is 0 Å². The molecule has 0 aliphatic rings. The number of carbonyl (C=O) groups excluding carboxylic acids is 1. The van der Waals surface area contributed by atoms with E-state index in [0.717, 1.165) is 16.9 Å². The van der Waals surface area contributed by atoms with Crippen LogP contribution in [-0.2, 0) is 11.2 Å². The van der Waals surface area contributed by atoms with E-state index in [1.54, 1.807) is 0 Å². The fourth-order valence-electron chi connectivity index (χ4n) is 1.44. The maximum Gasteiger partial charge on any atom is 0.224 e. The van der Waals surface area contributed by atoms with Gasteiger partial charge in [-0.05, 0) is 30.5 Å². The number of carbonyl (C=O) groups is 1. The zero-order valence-electron chi connectivity index (χ0n) is 10.0. The van der Waals surface area contributed by atoms with Crippen molar-refractivity contribution in [3.8, 4) is 0 Å². The largest absolute Gasteiger partial charge is 0.393 e. The Labute approximate surface area is 108 Å². The van der Waals surface area contributed by atoms with Crippen LogP contribution in [0.25, 0.3) is 0 Å². The van der Waals surface area contributed by atoms with E-state index in [9.17, 15) is 9.90 Å². The Morgan fingerprint density at radius 3 is 2.65 bits per heavy atom. The molecular weight excluding hydrogens is 234 g/mol. The average molecular weight is 253 g/mol. The molecule has 1 aromatic rings. The molecule has 1 rings (SSSR count). The number of benzene rings is 1. The molecule has 0 aromatic heterocycles. The van der Waals surface area contributed by atoms with Crippen molar-refractivity contribution in [3.05, 3.63) is 29.8 Å². The van der Waals surface area contributed by atoms with Crippen molar-refractivity contribution < 1.29 is 9.90 Å². The minimum atomic E-state index is -0.321. The van der Waals surface area contributed by atoms with Crippen molar-refractivity contribution in [1.29, 1.82) is 0 Å². The van der Waals surface area contributed by atoms with Crippen LogP contribution >= 0.6 is 12.6 Å². The summed E-state index contributed by atoms with van der Waals surface area (Å²) < 4.78 is 0. The third-order valence-electron chi connectivity index (χ3n) is 2.57. The highest BCUT2D eigenvalue weighted by atomic mass is 32.1. The normalized spacial score (nSPS) is 12.2. The predicted octanol–water partition coefficient (Wildman–Crippen LogP) is 1.79. The van der Waals surface area contributed by atoms with Crippen LogP contribution in [0.4, 0.5) is 0 Å². The van der Waals surface area contributed by atoms with Crippen molar-refractivity contribution in [2.45, 2.75) is 37.2 Å². The Morgan fingerprint density at radius 2 is 2.06 bits per heavy atom. The SMILES string of the molecule is CCC(O)CCNC(=O)Cc1ccc(S)cc1. The van der Waals surface area contributed by atoms with Crippen LogP contribution in [0, 0.1) is 0 Å². The highest BCUT2D eigenvalue weighted by Crippen LogP contribution is 2.08. The third kappa shape index (κ3) is 5.75. The maximum atomic E-state index is 11.6. The molecular formula is C13H19NO2S. The molecule has 0 fully saturated rings. The van der Waals surface area contributed by atoms with E-state index in [-0.39, 0.29) is 12.0 Å². The van der Waals surface area contributed by atoms with E-state index < -0.39 is 0 Å². The van der Waals surface area contributed by atoms with Gasteiger partial charge in [0.05, 0.1) is 12.5 Å². The van der Waals surface area contributed by atoms with Crippen LogP contribution in [0.3, 0.4) is 0 Å². The van der Waals surface area contributed by atoms with Gasteiger partial charge in [0.15, 0.2) is 0 Å². The Hall–Kier alpha value is -1.00. The fourth-order valence-corrected chi connectivity index (χ4v) is 1.59. The van der Waals surface area contributed by atoms with Crippen LogP contribution in [0.1, 0.15) is 25.3 Å². The lowest BCUT2D eigenvalue weighted by molar-refractivity contribution is -0.120. The van der Waals surface area contributed by atoms with E-state index >= 15 is 0 Å². The number of thiol groups is 1. The van der Waals surface area contributed by atoms with E-state index in [1.807, 2.05) is 31.2 Å². The first-order valence-corrected chi connectivity index (χ1v) is 6.29. The molecule has 0 radical (unpaired) electrons. The molecule has 0 heterocycles. The predicted molar refractivity (Wildman–Crippen MR) is 71.3 cm³/mol. The molecule has 4 heteroatoms. The van der Waals surface area contributed by atoms with Gasteiger partial charge in [-0.1, -0.05) is 19.1 Å². The van der Waals surface area contributed by atoms with Crippen molar-refractivity contribution in [2.75, 3.05) is 6.54 Å². The standard InChI is InChI=1S/C13H19NO2S/c1-2-11(15)7-8-14-13(16)9-10-3-5-12(17)6-4-10/h3-6,11,15,17H,2,7-9H2,1H3,(H,14,16). The first-order chi connectivity index (χ1) is 8.11. The van der Waals surface area contributed by atoms with E-state index in [1.165, 1.54) is 0 Å². The van der Waals surface area contributed by atoms with Gasteiger partial charge in [0.1, 0.15) is 0 Å². The van der Waals surface area contributed by atoms with Crippen LogP contribution in [-0.4, -0.2) is 23.7 Å². The summed E-state index contributed by atoms with van der Waals surface area (Å²) in [5.41, 5.74) is 0.969. The lowest BCUT2D eigenvalue weighted by Gasteiger charge is -2.08. The summed E-state index contributed by atoms with van der Waals surface area (Å²) in [6.07, 6.45) is 1.38. The number of aliphatic hydroxyl groups is 1. The molecule has 1 unspecified atom stereocenters. The van der Waals surface area contributed by atoms with Crippen molar-refractivity contribution in [1.82, 2.24) is 5.32 Å².